The Morgan fingerprint density at radius 3 is 2.65 bits per heavy atom. The van der Waals surface area contributed by atoms with E-state index in [0.717, 1.165) is 25.8 Å². The van der Waals surface area contributed by atoms with Crippen LogP contribution in [0.1, 0.15) is 43.6 Å². The molecule has 1 saturated heterocycles. The summed E-state index contributed by atoms with van der Waals surface area (Å²) in [6.07, 6.45) is 5.81. The summed E-state index contributed by atoms with van der Waals surface area (Å²) < 4.78 is 0. The first kappa shape index (κ1) is 12.4. The molecule has 106 valence electrons. The van der Waals surface area contributed by atoms with Gasteiger partial charge in [-0.05, 0) is 37.7 Å². The monoisotopic (exact) mass is 270 g/mol. The number of carbonyl (C=O) groups excluding carboxylic acids is 1. The maximum absolute atomic E-state index is 12.6. The fourth-order valence-electron chi connectivity index (χ4n) is 3.50. The van der Waals surface area contributed by atoms with Gasteiger partial charge in [0.2, 0.25) is 5.91 Å². The van der Waals surface area contributed by atoms with Crippen LogP contribution in [0.25, 0.3) is 0 Å². The van der Waals surface area contributed by atoms with E-state index in [4.69, 9.17) is 0 Å². The van der Waals surface area contributed by atoms with Crippen LogP contribution in [0.2, 0.25) is 0 Å². The largest absolute Gasteiger partial charge is 0.338 e. The molecule has 20 heavy (non-hydrogen) atoms. The molecule has 0 spiro atoms. The lowest BCUT2D eigenvalue weighted by molar-refractivity contribution is -0.136. The molecular formula is C17H22N2O. The lowest BCUT2D eigenvalue weighted by Gasteiger charge is -2.33. The number of benzene rings is 1. The second-order valence-corrected chi connectivity index (χ2v) is 6.49. The minimum Gasteiger partial charge on any atom is -0.338 e. The molecule has 0 aromatic heterocycles. The topological polar surface area (TPSA) is 32.3 Å². The smallest absolute Gasteiger partial charge is 0.239 e. The Labute approximate surface area is 120 Å². The molecule has 1 N–H and O–H groups in total. The lowest BCUT2D eigenvalue weighted by atomic mass is 10.0. The quantitative estimate of drug-likeness (QED) is 0.910. The molecule has 4 rings (SSSR count). The summed E-state index contributed by atoms with van der Waals surface area (Å²) in [6.45, 7) is 0.954. The van der Waals surface area contributed by atoms with Crippen molar-refractivity contribution in [2.45, 2.75) is 56.1 Å². The molecule has 2 aliphatic carbocycles. The average molecular weight is 270 g/mol. The fourth-order valence-corrected chi connectivity index (χ4v) is 3.50. The summed E-state index contributed by atoms with van der Waals surface area (Å²) in [7, 11) is 0. The van der Waals surface area contributed by atoms with Crippen molar-refractivity contribution in [1.82, 2.24) is 10.2 Å². The van der Waals surface area contributed by atoms with Gasteiger partial charge in [-0.3, -0.25) is 4.79 Å². The molecule has 1 aromatic carbocycles. The van der Waals surface area contributed by atoms with Crippen LogP contribution in [0.5, 0.6) is 0 Å². The van der Waals surface area contributed by atoms with Gasteiger partial charge in [0.1, 0.15) is 0 Å². The van der Waals surface area contributed by atoms with Crippen LogP contribution in [0.4, 0.5) is 0 Å². The zero-order valence-corrected chi connectivity index (χ0v) is 11.8. The number of nitrogens with one attached hydrogen (secondary N) is 1. The minimum absolute atomic E-state index is 0.0910. The van der Waals surface area contributed by atoms with Crippen LogP contribution >= 0.6 is 0 Å². The van der Waals surface area contributed by atoms with Gasteiger partial charge in [-0.2, -0.15) is 0 Å². The Kier molecular flexibility index (Phi) is 3.03. The zero-order chi connectivity index (χ0) is 13.5. The first-order chi connectivity index (χ1) is 9.83. The van der Waals surface area contributed by atoms with Crippen LogP contribution in [0, 0.1) is 0 Å². The van der Waals surface area contributed by atoms with Crippen molar-refractivity contribution in [1.29, 1.82) is 0 Å². The van der Waals surface area contributed by atoms with E-state index in [9.17, 15) is 4.79 Å². The van der Waals surface area contributed by atoms with Gasteiger partial charge in [-0.25, -0.2) is 0 Å². The highest BCUT2D eigenvalue weighted by Crippen LogP contribution is 2.45. The van der Waals surface area contributed by atoms with Gasteiger partial charge in [0, 0.05) is 24.5 Å². The van der Waals surface area contributed by atoms with Crippen molar-refractivity contribution in [2.75, 3.05) is 6.54 Å². The lowest BCUT2D eigenvalue weighted by Crippen LogP contribution is -2.52. The highest BCUT2D eigenvalue weighted by atomic mass is 16.2. The molecule has 1 amide bonds. The van der Waals surface area contributed by atoms with E-state index in [1.807, 2.05) is 0 Å². The van der Waals surface area contributed by atoms with Crippen LogP contribution < -0.4 is 5.32 Å². The maximum atomic E-state index is 12.6. The third-order valence-electron chi connectivity index (χ3n) is 4.87. The van der Waals surface area contributed by atoms with Crippen molar-refractivity contribution in [3.8, 4) is 0 Å². The molecular weight excluding hydrogens is 248 g/mol. The van der Waals surface area contributed by atoms with E-state index in [2.05, 4.69) is 40.5 Å². The zero-order valence-electron chi connectivity index (χ0n) is 11.8. The molecule has 1 aliphatic heterocycles. The van der Waals surface area contributed by atoms with Crippen LogP contribution in [-0.2, 0) is 4.79 Å². The molecule has 2 saturated carbocycles. The summed E-state index contributed by atoms with van der Waals surface area (Å²) >= 11 is 0. The van der Waals surface area contributed by atoms with Gasteiger partial charge in [-0.1, -0.05) is 30.3 Å². The molecule has 1 heterocycles. The Hall–Kier alpha value is -1.35. The number of nitrogens with zero attached hydrogens (tertiary/aromatic N) is 1. The highest BCUT2D eigenvalue weighted by molar-refractivity contribution is 5.83. The fraction of sp³-hybridized carbons (Fsp3) is 0.588. The van der Waals surface area contributed by atoms with E-state index in [1.54, 1.807) is 0 Å². The first-order valence-electron chi connectivity index (χ1n) is 7.94. The van der Waals surface area contributed by atoms with E-state index in [-0.39, 0.29) is 6.04 Å². The standard InChI is InChI=1S/C17H22N2O/c20-17-15(18-13-8-9-13)7-4-10-19(17)16-11-14(16)12-5-2-1-3-6-12/h1-3,5-6,13-16,18H,4,7-11H2. The molecule has 0 radical (unpaired) electrons. The number of hydrogen-bond acceptors (Lipinski definition) is 2. The summed E-state index contributed by atoms with van der Waals surface area (Å²) in [5, 5.41) is 3.52. The van der Waals surface area contributed by atoms with Gasteiger partial charge >= 0.3 is 0 Å². The number of rotatable bonds is 4. The predicted molar refractivity (Wildman–Crippen MR) is 78.5 cm³/mol. The maximum Gasteiger partial charge on any atom is 0.239 e. The van der Waals surface area contributed by atoms with Crippen molar-refractivity contribution in [3.05, 3.63) is 35.9 Å². The van der Waals surface area contributed by atoms with Gasteiger partial charge in [0.05, 0.1) is 6.04 Å². The van der Waals surface area contributed by atoms with E-state index < -0.39 is 0 Å². The Bertz CT molecular complexity index is 497. The van der Waals surface area contributed by atoms with Crippen LogP contribution in [-0.4, -0.2) is 35.5 Å². The number of carbonyl (C=O) groups is 1. The third-order valence-corrected chi connectivity index (χ3v) is 4.87. The third kappa shape index (κ3) is 2.35. The SMILES string of the molecule is O=C1C(NC2CC2)CCCN1C1CC1c1ccccc1. The molecule has 3 aliphatic rings. The Balaban J connectivity index is 1.42. The summed E-state index contributed by atoms with van der Waals surface area (Å²) in [6, 6.07) is 11.8. The van der Waals surface area contributed by atoms with Crippen molar-refractivity contribution < 1.29 is 4.79 Å². The number of hydrogen-bond donors (Lipinski definition) is 1. The molecule has 3 nitrogen and oxygen atoms in total. The summed E-state index contributed by atoms with van der Waals surface area (Å²) in [5.41, 5.74) is 1.39. The van der Waals surface area contributed by atoms with Gasteiger partial charge in [0.25, 0.3) is 0 Å². The van der Waals surface area contributed by atoms with Crippen molar-refractivity contribution >= 4 is 5.91 Å². The van der Waals surface area contributed by atoms with Crippen molar-refractivity contribution in [2.24, 2.45) is 0 Å². The number of piperidine rings is 1. The molecule has 3 atom stereocenters. The van der Waals surface area contributed by atoms with E-state index in [0.29, 0.717) is 23.9 Å². The minimum atomic E-state index is 0.0910. The summed E-state index contributed by atoms with van der Waals surface area (Å²) in [5.74, 6) is 0.923. The van der Waals surface area contributed by atoms with E-state index >= 15 is 0 Å². The number of amides is 1. The second kappa shape index (κ2) is 4.88. The summed E-state index contributed by atoms with van der Waals surface area (Å²) in [4.78, 5) is 14.8. The van der Waals surface area contributed by atoms with Crippen LogP contribution in [0.3, 0.4) is 0 Å². The normalized spacial score (nSPS) is 33.3. The second-order valence-electron chi connectivity index (χ2n) is 6.49. The molecule has 3 fully saturated rings. The Morgan fingerprint density at radius 2 is 1.90 bits per heavy atom. The highest BCUT2D eigenvalue weighted by Gasteiger charge is 2.47. The molecule has 3 unspecified atom stereocenters. The Morgan fingerprint density at radius 1 is 1.10 bits per heavy atom. The number of likely N-dealkylation sites (tertiary alicyclic amines) is 1. The van der Waals surface area contributed by atoms with Gasteiger partial charge in [-0.15, -0.1) is 0 Å². The van der Waals surface area contributed by atoms with E-state index in [1.165, 1.54) is 18.4 Å². The van der Waals surface area contributed by atoms with Crippen molar-refractivity contribution in [3.63, 3.8) is 0 Å². The molecule has 0 bridgehead atoms. The predicted octanol–water partition coefficient (Wildman–Crippen LogP) is 2.29. The average Bonchev–Trinajstić information content (AvgIpc) is 3.36. The molecule has 3 heteroatoms. The van der Waals surface area contributed by atoms with Crippen LogP contribution in [0.15, 0.2) is 30.3 Å². The first-order valence-corrected chi connectivity index (χ1v) is 7.94. The van der Waals surface area contributed by atoms with Gasteiger partial charge < -0.3 is 10.2 Å². The van der Waals surface area contributed by atoms with Gasteiger partial charge in [0.15, 0.2) is 0 Å². The molecule has 1 aromatic rings.